The molecule has 2 heterocycles. The molecule has 34 heavy (non-hydrogen) atoms. The first-order valence-electron chi connectivity index (χ1n) is 10.6. The van der Waals surface area contributed by atoms with Gasteiger partial charge in [-0.25, -0.2) is 4.99 Å². The minimum atomic E-state index is -0.276. The lowest BCUT2D eigenvalue weighted by Gasteiger charge is -2.19. The van der Waals surface area contributed by atoms with Gasteiger partial charge in [0, 0.05) is 6.07 Å². The van der Waals surface area contributed by atoms with Crippen molar-refractivity contribution in [3.8, 4) is 5.75 Å². The van der Waals surface area contributed by atoms with Gasteiger partial charge in [-0.05, 0) is 67.8 Å². The topological polar surface area (TPSA) is 97.0 Å². The molecule has 4 rings (SSSR count). The number of amides is 2. The van der Waals surface area contributed by atoms with Gasteiger partial charge in [0.2, 0.25) is 5.91 Å². The molecule has 0 unspecified atom stereocenters. The van der Waals surface area contributed by atoms with Gasteiger partial charge in [0.05, 0.1) is 18.6 Å². The molecule has 174 valence electrons. The second kappa shape index (κ2) is 9.96. The Bertz CT molecular complexity index is 1270. The number of ether oxygens (including phenoxy) is 1. The minimum Gasteiger partial charge on any atom is -0.497 e. The molecular formula is C25H24N4O4S. The van der Waals surface area contributed by atoms with Crippen LogP contribution in [0.2, 0.25) is 0 Å². The van der Waals surface area contributed by atoms with Crippen molar-refractivity contribution < 1.29 is 18.8 Å². The third-order valence-electron chi connectivity index (χ3n) is 4.94. The normalized spacial score (nSPS) is 14.5. The number of nitrogens with zero attached hydrogens (tertiary/aromatic N) is 3. The van der Waals surface area contributed by atoms with E-state index in [1.165, 1.54) is 11.8 Å². The molecule has 8 nitrogen and oxygen atoms in total. The van der Waals surface area contributed by atoms with E-state index >= 15 is 0 Å². The average molecular weight is 477 g/mol. The summed E-state index contributed by atoms with van der Waals surface area (Å²) in [6.45, 7) is 5.69. The molecule has 1 aliphatic rings. The Kier molecular flexibility index (Phi) is 6.83. The van der Waals surface area contributed by atoms with Gasteiger partial charge in [-0.15, -0.1) is 0 Å². The number of aromatic nitrogens is 1. The third kappa shape index (κ3) is 5.37. The van der Waals surface area contributed by atoms with E-state index in [-0.39, 0.29) is 17.6 Å². The molecule has 0 atom stereocenters. The molecule has 0 radical (unpaired) electrons. The summed E-state index contributed by atoms with van der Waals surface area (Å²) in [4.78, 5) is 32.0. The van der Waals surface area contributed by atoms with Crippen LogP contribution >= 0.6 is 11.8 Å². The van der Waals surface area contributed by atoms with Crippen LogP contribution < -0.4 is 15.0 Å². The highest BCUT2D eigenvalue weighted by Crippen LogP contribution is 2.31. The summed E-state index contributed by atoms with van der Waals surface area (Å²) in [5.41, 5.74) is 3.87. The molecule has 1 aliphatic heterocycles. The first kappa shape index (κ1) is 23.3. The number of anilines is 2. The lowest BCUT2D eigenvalue weighted by molar-refractivity contribution is -0.114. The number of hydrogen-bond donors (Lipinski definition) is 1. The molecule has 0 saturated heterocycles. The fraction of sp³-hybridized carbons (Fsp3) is 0.200. The van der Waals surface area contributed by atoms with Crippen molar-refractivity contribution in [2.24, 2.45) is 4.99 Å². The van der Waals surface area contributed by atoms with Gasteiger partial charge in [0.1, 0.15) is 17.2 Å². The Morgan fingerprint density at radius 3 is 2.44 bits per heavy atom. The van der Waals surface area contributed by atoms with E-state index in [2.05, 4.69) is 15.5 Å². The lowest BCUT2D eigenvalue weighted by atomic mass is 10.1. The van der Waals surface area contributed by atoms with E-state index in [1.807, 2.05) is 56.3 Å². The zero-order valence-corrected chi connectivity index (χ0v) is 20.1. The quantitative estimate of drug-likeness (QED) is 0.517. The number of carbonyl (C=O) groups is 2. The van der Waals surface area contributed by atoms with Crippen LogP contribution in [-0.4, -0.2) is 35.0 Å². The molecule has 3 aromatic rings. The maximum absolute atomic E-state index is 13.4. The number of hydrogen-bond acceptors (Lipinski definition) is 7. The number of aliphatic imine (C=N–C) groups is 1. The summed E-state index contributed by atoms with van der Waals surface area (Å²) in [6.07, 6.45) is 1.73. The van der Waals surface area contributed by atoms with Gasteiger partial charge in [0.15, 0.2) is 11.0 Å². The number of rotatable bonds is 6. The first-order chi connectivity index (χ1) is 16.3. The predicted molar refractivity (Wildman–Crippen MR) is 134 cm³/mol. The van der Waals surface area contributed by atoms with Crippen LogP contribution in [-0.2, 0) is 9.59 Å². The summed E-state index contributed by atoms with van der Waals surface area (Å²) in [5, 5.41) is 6.89. The smallest absolute Gasteiger partial charge is 0.283 e. The number of nitrogens with one attached hydrogen (secondary N) is 1. The molecule has 0 aliphatic carbocycles. The van der Waals surface area contributed by atoms with Gasteiger partial charge in [-0.2, -0.15) is 0 Å². The number of amidine groups is 1. The highest BCUT2D eigenvalue weighted by molar-refractivity contribution is 8.14. The van der Waals surface area contributed by atoms with Crippen LogP contribution in [0.15, 0.2) is 63.7 Å². The number of carbonyl (C=O) groups excluding carboxylic acids is 2. The Morgan fingerprint density at radius 2 is 1.82 bits per heavy atom. The van der Waals surface area contributed by atoms with Crippen molar-refractivity contribution in [2.45, 2.75) is 20.8 Å². The van der Waals surface area contributed by atoms with Gasteiger partial charge in [0.25, 0.3) is 5.91 Å². The number of aryl methyl sites for hydroxylation is 3. The van der Waals surface area contributed by atoms with Crippen molar-refractivity contribution in [1.82, 2.24) is 5.16 Å². The highest BCUT2D eigenvalue weighted by Gasteiger charge is 2.32. The summed E-state index contributed by atoms with van der Waals surface area (Å²) >= 11 is 1.18. The molecule has 2 amide bonds. The number of thioether (sulfide) groups is 1. The SMILES string of the molecule is COc1ccc(/C=C2\N=C(SCC(=O)Nc3cc(C)on3)N(c3cc(C)cc(C)c3)C2=O)cc1. The molecule has 1 aromatic heterocycles. The van der Waals surface area contributed by atoms with E-state index < -0.39 is 0 Å². The van der Waals surface area contributed by atoms with Crippen molar-refractivity contribution in [3.63, 3.8) is 0 Å². The number of methoxy groups -OCH3 is 1. The van der Waals surface area contributed by atoms with Crippen LogP contribution in [0, 0.1) is 20.8 Å². The Morgan fingerprint density at radius 1 is 1.12 bits per heavy atom. The Labute approximate surface area is 201 Å². The van der Waals surface area contributed by atoms with Crippen LogP contribution in [0.25, 0.3) is 6.08 Å². The van der Waals surface area contributed by atoms with Gasteiger partial charge in [-0.3, -0.25) is 14.5 Å². The van der Waals surface area contributed by atoms with Crippen LogP contribution in [0.4, 0.5) is 11.5 Å². The molecule has 9 heteroatoms. The zero-order valence-electron chi connectivity index (χ0n) is 19.3. The molecular weight excluding hydrogens is 452 g/mol. The Balaban J connectivity index is 1.60. The van der Waals surface area contributed by atoms with E-state index in [0.29, 0.717) is 28.1 Å². The van der Waals surface area contributed by atoms with Crippen LogP contribution in [0.1, 0.15) is 22.5 Å². The van der Waals surface area contributed by atoms with Gasteiger partial charge < -0.3 is 14.6 Å². The maximum atomic E-state index is 13.4. The van der Waals surface area contributed by atoms with Crippen molar-refractivity contribution in [3.05, 3.63) is 76.7 Å². The summed E-state index contributed by atoms with van der Waals surface area (Å²) in [7, 11) is 1.60. The average Bonchev–Trinajstić information content (AvgIpc) is 3.34. The standard InChI is InChI=1S/C25H24N4O4S/c1-15-9-16(2)11-19(10-15)29-24(31)21(13-18-5-7-20(32-4)8-6-18)26-25(29)34-14-23(30)27-22-12-17(3)33-28-22/h5-13H,14H2,1-4H3,(H,27,28,30)/b21-13-. The summed E-state index contributed by atoms with van der Waals surface area (Å²) < 4.78 is 10.2. The van der Waals surface area contributed by atoms with E-state index in [1.54, 1.807) is 31.1 Å². The fourth-order valence-electron chi connectivity index (χ4n) is 3.49. The molecule has 0 fully saturated rings. The van der Waals surface area contributed by atoms with Crippen LogP contribution in [0.5, 0.6) is 5.75 Å². The van der Waals surface area contributed by atoms with Crippen molar-refractivity contribution in [2.75, 3.05) is 23.1 Å². The molecule has 0 bridgehead atoms. The van der Waals surface area contributed by atoms with E-state index in [4.69, 9.17) is 9.26 Å². The zero-order chi connectivity index (χ0) is 24.2. The Hall–Kier alpha value is -3.85. The maximum Gasteiger partial charge on any atom is 0.283 e. The minimum absolute atomic E-state index is 0.0507. The second-order valence-corrected chi connectivity index (χ2v) is 8.79. The first-order valence-corrected chi connectivity index (χ1v) is 11.5. The molecule has 2 aromatic carbocycles. The highest BCUT2D eigenvalue weighted by atomic mass is 32.2. The third-order valence-corrected chi connectivity index (χ3v) is 5.88. The van der Waals surface area contributed by atoms with Gasteiger partial charge in [-0.1, -0.05) is 35.1 Å². The molecule has 1 N–H and O–H groups in total. The van der Waals surface area contributed by atoms with E-state index in [9.17, 15) is 9.59 Å². The van der Waals surface area contributed by atoms with Gasteiger partial charge >= 0.3 is 0 Å². The van der Waals surface area contributed by atoms with E-state index in [0.717, 1.165) is 22.4 Å². The van der Waals surface area contributed by atoms with Crippen molar-refractivity contribution in [1.29, 1.82) is 0 Å². The second-order valence-electron chi connectivity index (χ2n) is 7.84. The molecule has 0 spiro atoms. The number of benzene rings is 2. The monoisotopic (exact) mass is 476 g/mol. The largest absolute Gasteiger partial charge is 0.497 e. The van der Waals surface area contributed by atoms with Crippen LogP contribution in [0.3, 0.4) is 0 Å². The predicted octanol–water partition coefficient (Wildman–Crippen LogP) is 4.72. The van der Waals surface area contributed by atoms with Crippen molar-refractivity contribution >= 4 is 46.3 Å². The lowest BCUT2D eigenvalue weighted by Crippen LogP contribution is -2.31. The fourth-order valence-corrected chi connectivity index (χ4v) is 4.31. The summed E-state index contributed by atoms with van der Waals surface area (Å²) in [6, 6.07) is 14.9. The molecule has 0 saturated carbocycles. The summed E-state index contributed by atoms with van der Waals surface area (Å²) in [5.74, 6) is 1.19.